The molecular formula is C26H26N4O8S2. The number of esters is 2. The van der Waals surface area contributed by atoms with Gasteiger partial charge in [-0.25, -0.2) is 26.4 Å². The second kappa shape index (κ2) is 13.4. The lowest BCUT2D eigenvalue weighted by molar-refractivity contribution is -0.139. The zero-order chi connectivity index (χ0) is 30.1. The van der Waals surface area contributed by atoms with Crippen molar-refractivity contribution in [3.8, 4) is 12.1 Å². The average Bonchev–Trinajstić information content (AvgIpc) is 2.89. The number of benzene rings is 2. The highest BCUT2D eigenvalue weighted by molar-refractivity contribution is 7.90. The Labute approximate surface area is 232 Å². The minimum absolute atomic E-state index is 0.237. The quantitative estimate of drug-likeness (QED) is 0.171. The summed E-state index contributed by atoms with van der Waals surface area (Å²) in [7, 11) is -9.26. The van der Waals surface area contributed by atoms with E-state index in [1.165, 1.54) is 74.5 Å². The molecule has 0 saturated carbocycles. The molecule has 2 N–H and O–H groups in total. The molecule has 12 nitrogen and oxygen atoms in total. The van der Waals surface area contributed by atoms with E-state index in [1.807, 2.05) is 9.44 Å². The monoisotopic (exact) mass is 586 g/mol. The van der Waals surface area contributed by atoms with E-state index in [-0.39, 0.29) is 23.0 Å². The normalized spacial score (nSPS) is 12.6. The molecule has 0 bridgehead atoms. The van der Waals surface area contributed by atoms with Gasteiger partial charge in [-0.15, -0.1) is 0 Å². The van der Waals surface area contributed by atoms with Gasteiger partial charge in [0.2, 0.25) is 0 Å². The largest absolute Gasteiger partial charge is 0.462 e. The highest BCUT2D eigenvalue weighted by atomic mass is 32.2. The highest BCUT2D eigenvalue weighted by Gasteiger charge is 2.32. The van der Waals surface area contributed by atoms with Gasteiger partial charge in [0.05, 0.1) is 34.4 Å². The van der Waals surface area contributed by atoms with E-state index in [1.54, 1.807) is 13.8 Å². The summed E-state index contributed by atoms with van der Waals surface area (Å²) in [4.78, 5) is 24.8. The van der Waals surface area contributed by atoms with Crippen LogP contribution in [0.5, 0.6) is 0 Å². The van der Waals surface area contributed by atoms with E-state index in [4.69, 9.17) is 9.47 Å². The zero-order valence-electron chi connectivity index (χ0n) is 22.0. The number of rotatable bonds is 11. The van der Waals surface area contributed by atoms with E-state index in [2.05, 4.69) is 0 Å². The molecule has 0 heterocycles. The molecule has 2 aromatic rings. The molecule has 0 unspecified atom stereocenters. The first-order chi connectivity index (χ1) is 18.8. The highest BCUT2D eigenvalue weighted by Crippen LogP contribution is 2.23. The SMILES string of the molecule is CCOC(=O)/C(C#N)=C(NS(=O)(=O)c1ccc(C)cc1)/C(NS(=O)(=O)c1ccc(C)cc1)=C(\C#N)C(=O)OCC. The van der Waals surface area contributed by atoms with Gasteiger partial charge >= 0.3 is 11.9 Å². The Hall–Kier alpha value is -4.66. The van der Waals surface area contributed by atoms with Crippen LogP contribution in [0.25, 0.3) is 0 Å². The molecule has 0 saturated heterocycles. The fourth-order valence-corrected chi connectivity index (χ4v) is 5.26. The van der Waals surface area contributed by atoms with Gasteiger partial charge < -0.3 is 9.47 Å². The first-order valence-electron chi connectivity index (χ1n) is 11.6. The van der Waals surface area contributed by atoms with Crippen LogP contribution in [0.4, 0.5) is 0 Å². The Kier molecular flexibility index (Phi) is 10.6. The van der Waals surface area contributed by atoms with Gasteiger partial charge in [0.25, 0.3) is 20.0 Å². The molecule has 0 fully saturated rings. The summed E-state index contributed by atoms with van der Waals surface area (Å²) >= 11 is 0. The summed E-state index contributed by atoms with van der Waals surface area (Å²) in [5.74, 6) is -2.69. The molecular weight excluding hydrogens is 560 g/mol. The molecule has 40 heavy (non-hydrogen) atoms. The number of ether oxygens (including phenoxy) is 2. The van der Waals surface area contributed by atoms with Crippen LogP contribution < -0.4 is 9.44 Å². The maximum Gasteiger partial charge on any atom is 0.351 e. The number of nitrogens with one attached hydrogen (secondary N) is 2. The van der Waals surface area contributed by atoms with E-state index in [0.29, 0.717) is 0 Å². The summed E-state index contributed by atoms with van der Waals surface area (Å²) in [6.45, 7) is 5.78. The summed E-state index contributed by atoms with van der Waals surface area (Å²) in [5.41, 5.74) is -2.64. The topological polar surface area (TPSA) is 193 Å². The minimum atomic E-state index is -4.63. The third kappa shape index (κ3) is 7.69. The van der Waals surface area contributed by atoms with Crippen molar-refractivity contribution in [3.63, 3.8) is 0 Å². The van der Waals surface area contributed by atoms with Crippen molar-refractivity contribution >= 4 is 32.0 Å². The molecule has 210 valence electrons. The van der Waals surface area contributed by atoms with Gasteiger partial charge in [0.15, 0.2) is 11.1 Å². The Morgan fingerprint density at radius 3 is 1.23 bits per heavy atom. The third-order valence-electron chi connectivity index (χ3n) is 5.07. The molecule has 0 atom stereocenters. The maximum atomic E-state index is 13.3. The average molecular weight is 587 g/mol. The van der Waals surface area contributed by atoms with E-state index in [9.17, 15) is 36.9 Å². The van der Waals surface area contributed by atoms with Crippen LogP contribution >= 0.6 is 0 Å². The molecule has 0 aromatic heterocycles. The zero-order valence-corrected chi connectivity index (χ0v) is 23.6. The number of hydrogen-bond acceptors (Lipinski definition) is 10. The molecule has 0 spiro atoms. The standard InChI is InChI=1S/C26H26N4O8S2/c1-5-37-25(31)21(15-27)23(29-39(33,34)19-11-7-17(3)8-12-19)24(22(16-28)26(32)38-6-2)30-40(35,36)20-13-9-18(4)10-14-20/h7-14,29-30H,5-6H2,1-4H3/b23-21-,24-22-. The molecule has 14 heteroatoms. The number of carbonyl (C=O) groups excluding carboxylic acids is 2. The Balaban J connectivity index is 2.96. The second-order valence-corrected chi connectivity index (χ2v) is 11.4. The fraction of sp³-hybridized carbons (Fsp3) is 0.231. The Morgan fingerprint density at radius 2 is 0.975 bits per heavy atom. The first-order valence-corrected chi connectivity index (χ1v) is 14.6. The van der Waals surface area contributed by atoms with Crippen LogP contribution in [-0.4, -0.2) is 42.0 Å². The van der Waals surface area contributed by atoms with Gasteiger partial charge in [0, 0.05) is 0 Å². The van der Waals surface area contributed by atoms with E-state index < -0.39 is 54.5 Å². The van der Waals surface area contributed by atoms with Gasteiger partial charge in [0.1, 0.15) is 12.1 Å². The summed E-state index contributed by atoms with van der Waals surface area (Å²) in [5, 5.41) is 19.7. The minimum Gasteiger partial charge on any atom is -0.462 e. The third-order valence-corrected chi connectivity index (χ3v) is 7.80. The van der Waals surface area contributed by atoms with Crippen LogP contribution in [0, 0.1) is 36.5 Å². The van der Waals surface area contributed by atoms with E-state index >= 15 is 0 Å². The predicted molar refractivity (Wildman–Crippen MR) is 142 cm³/mol. The van der Waals surface area contributed by atoms with Gasteiger partial charge in [-0.05, 0) is 52.0 Å². The Bertz CT molecular complexity index is 1520. The van der Waals surface area contributed by atoms with Crippen molar-refractivity contribution in [1.29, 1.82) is 10.5 Å². The predicted octanol–water partition coefficient (Wildman–Crippen LogP) is 2.24. The molecule has 0 aliphatic heterocycles. The number of sulfonamides is 2. The van der Waals surface area contributed by atoms with Crippen molar-refractivity contribution in [2.45, 2.75) is 37.5 Å². The molecule has 0 radical (unpaired) electrons. The Morgan fingerprint density at radius 1 is 0.675 bits per heavy atom. The number of carbonyl (C=O) groups is 2. The molecule has 2 rings (SSSR count). The van der Waals surface area contributed by atoms with Gasteiger partial charge in [-0.2, -0.15) is 10.5 Å². The van der Waals surface area contributed by atoms with Crippen molar-refractivity contribution in [2.24, 2.45) is 0 Å². The fourth-order valence-electron chi connectivity index (χ4n) is 3.09. The van der Waals surface area contributed by atoms with Crippen molar-refractivity contribution in [3.05, 3.63) is 82.2 Å². The molecule has 2 aromatic carbocycles. The number of aryl methyl sites for hydroxylation is 2. The second-order valence-electron chi connectivity index (χ2n) is 8.00. The van der Waals surface area contributed by atoms with Crippen LogP contribution in [0.1, 0.15) is 25.0 Å². The maximum absolute atomic E-state index is 13.3. The summed E-state index contributed by atoms with van der Waals surface area (Å²) < 4.78 is 67.0. The molecule has 0 aliphatic rings. The van der Waals surface area contributed by atoms with E-state index in [0.717, 1.165) is 11.1 Å². The lowest BCUT2D eigenvalue weighted by Gasteiger charge is -2.19. The molecule has 0 aliphatic carbocycles. The van der Waals surface area contributed by atoms with Crippen molar-refractivity contribution < 1.29 is 35.9 Å². The van der Waals surface area contributed by atoms with Crippen LogP contribution in [0.15, 0.2) is 80.9 Å². The van der Waals surface area contributed by atoms with Crippen molar-refractivity contribution in [2.75, 3.05) is 13.2 Å². The number of nitriles is 2. The molecule has 0 amide bonds. The lowest BCUT2D eigenvalue weighted by Crippen LogP contribution is -2.35. The number of nitrogens with zero attached hydrogens (tertiary/aromatic N) is 2. The first kappa shape index (κ1) is 31.6. The van der Waals surface area contributed by atoms with Crippen LogP contribution in [-0.2, 0) is 39.1 Å². The summed E-state index contributed by atoms with van der Waals surface area (Å²) in [6.07, 6.45) is 0. The van der Waals surface area contributed by atoms with Crippen LogP contribution in [0.3, 0.4) is 0 Å². The summed E-state index contributed by atoms with van der Waals surface area (Å²) in [6, 6.07) is 13.8. The van der Waals surface area contributed by atoms with Gasteiger partial charge in [-0.3, -0.25) is 9.44 Å². The van der Waals surface area contributed by atoms with Crippen LogP contribution in [0.2, 0.25) is 0 Å². The lowest BCUT2D eigenvalue weighted by atomic mass is 10.1. The number of hydrogen-bond donors (Lipinski definition) is 2. The van der Waals surface area contributed by atoms with Crippen molar-refractivity contribution in [1.82, 2.24) is 9.44 Å². The van der Waals surface area contributed by atoms with Gasteiger partial charge in [-0.1, -0.05) is 35.4 Å². The smallest absolute Gasteiger partial charge is 0.351 e.